The predicted molar refractivity (Wildman–Crippen MR) is 112 cm³/mol. The first-order chi connectivity index (χ1) is 14.6. The van der Waals surface area contributed by atoms with Gasteiger partial charge in [-0.1, -0.05) is 0 Å². The molecular weight excluding hydrogens is 384 g/mol. The summed E-state index contributed by atoms with van der Waals surface area (Å²) in [5.41, 5.74) is 3.42. The summed E-state index contributed by atoms with van der Waals surface area (Å²) in [4.78, 5) is 12.9. The lowest BCUT2D eigenvalue weighted by Gasteiger charge is -2.24. The summed E-state index contributed by atoms with van der Waals surface area (Å²) in [7, 11) is 6.38. The molecule has 0 saturated heterocycles. The van der Waals surface area contributed by atoms with Crippen LogP contribution in [-0.2, 0) is 6.42 Å². The molecule has 1 heterocycles. The van der Waals surface area contributed by atoms with E-state index in [1.807, 2.05) is 41.1 Å². The van der Waals surface area contributed by atoms with Gasteiger partial charge in [0, 0.05) is 6.42 Å². The number of ketones is 1. The number of Topliss-reactive ketones (excluding diaryl/α,β-unsaturated/α-hetero) is 1. The molecule has 0 aliphatic heterocycles. The minimum atomic E-state index is -0.0209. The molecule has 0 amide bonds. The smallest absolute Gasteiger partial charge is 0.203 e. The summed E-state index contributed by atoms with van der Waals surface area (Å²) in [6.45, 7) is 0. The zero-order chi connectivity index (χ0) is 21.3. The average Bonchev–Trinajstić information content (AvgIpc) is 3.22. The van der Waals surface area contributed by atoms with Crippen LogP contribution in [-0.4, -0.2) is 44.0 Å². The third-order valence-electron chi connectivity index (χ3n) is 5.52. The van der Waals surface area contributed by atoms with E-state index in [4.69, 9.17) is 18.9 Å². The van der Waals surface area contributed by atoms with Crippen molar-refractivity contribution in [2.75, 3.05) is 28.4 Å². The van der Waals surface area contributed by atoms with Crippen molar-refractivity contribution in [3.8, 4) is 28.7 Å². The van der Waals surface area contributed by atoms with E-state index in [-0.39, 0.29) is 11.7 Å². The van der Waals surface area contributed by atoms with Crippen molar-refractivity contribution >= 4 is 5.78 Å². The minimum Gasteiger partial charge on any atom is -0.497 e. The number of hydrogen-bond acceptors (Lipinski definition) is 6. The van der Waals surface area contributed by atoms with E-state index in [0.29, 0.717) is 35.7 Å². The monoisotopic (exact) mass is 408 g/mol. The number of hydrogen-bond donors (Lipinski definition) is 0. The Morgan fingerprint density at radius 1 is 0.900 bits per heavy atom. The highest BCUT2D eigenvalue weighted by Crippen LogP contribution is 2.43. The molecule has 1 aromatic heterocycles. The molecule has 7 heteroatoms. The number of benzene rings is 2. The minimum absolute atomic E-state index is 0.0209. The molecule has 0 bridgehead atoms. The normalized spacial score (nSPS) is 15.5. The van der Waals surface area contributed by atoms with Crippen LogP contribution < -0.4 is 18.9 Å². The van der Waals surface area contributed by atoms with Gasteiger partial charge in [0.1, 0.15) is 5.75 Å². The van der Waals surface area contributed by atoms with Crippen molar-refractivity contribution in [3.05, 3.63) is 59.4 Å². The largest absolute Gasteiger partial charge is 0.497 e. The Balaban J connectivity index is 1.73. The average molecular weight is 408 g/mol. The zero-order valence-corrected chi connectivity index (χ0v) is 17.5. The predicted octanol–water partition coefficient (Wildman–Crippen LogP) is 3.82. The van der Waals surface area contributed by atoms with Gasteiger partial charge in [0.15, 0.2) is 17.3 Å². The summed E-state index contributed by atoms with van der Waals surface area (Å²) in [5.74, 6) is 2.52. The zero-order valence-electron chi connectivity index (χ0n) is 17.5. The number of nitrogens with zero attached hydrogens (tertiary/aromatic N) is 2. The maximum atomic E-state index is 12.9. The molecule has 0 saturated carbocycles. The molecule has 0 radical (unpaired) electrons. The van der Waals surface area contributed by atoms with Crippen molar-refractivity contribution in [1.82, 2.24) is 9.78 Å². The molecule has 1 aliphatic rings. The Kier molecular flexibility index (Phi) is 5.35. The lowest BCUT2D eigenvalue weighted by Crippen LogP contribution is -2.20. The van der Waals surface area contributed by atoms with E-state index in [0.717, 1.165) is 22.7 Å². The molecule has 7 nitrogen and oxygen atoms in total. The van der Waals surface area contributed by atoms with Crippen molar-refractivity contribution < 1.29 is 23.7 Å². The highest BCUT2D eigenvalue weighted by molar-refractivity contribution is 5.98. The highest BCUT2D eigenvalue weighted by atomic mass is 16.5. The molecule has 4 rings (SSSR count). The van der Waals surface area contributed by atoms with Crippen molar-refractivity contribution in [2.24, 2.45) is 0 Å². The lowest BCUT2D eigenvalue weighted by atomic mass is 9.82. The Bertz CT molecular complexity index is 1050. The Labute approximate surface area is 175 Å². The van der Waals surface area contributed by atoms with Gasteiger partial charge < -0.3 is 18.9 Å². The summed E-state index contributed by atoms with van der Waals surface area (Å²) < 4.78 is 23.5. The number of carbonyl (C=O) groups is 1. The maximum absolute atomic E-state index is 12.9. The van der Waals surface area contributed by atoms with Gasteiger partial charge in [0.05, 0.1) is 51.6 Å². The molecule has 0 N–H and O–H groups in total. The molecule has 156 valence electrons. The SMILES string of the molecule is COc1ccc(-n2ncc3c2C[C@H](c2cc(OC)c(OC)c(OC)c2)CC3=O)cc1. The van der Waals surface area contributed by atoms with Crippen molar-refractivity contribution in [1.29, 1.82) is 0 Å². The molecule has 30 heavy (non-hydrogen) atoms. The van der Waals surface area contributed by atoms with E-state index in [1.54, 1.807) is 34.6 Å². The van der Waals surface area contributed by atoms with Crippen LogP contribution in [0, 0.1) is 0 Å². The second kappa shape index (κ2) is 8.10. The molecule has 2 aromatic carbocycles. The highest BCUT2D eigenvalue weighted by Gasteiger charge is 2.31. The fraction of sp³-hybridized carbons (Fsp3) is 0.304. The standard InChI is InChI=1S/C23H24N2O5/c1-27-17-7-5-16(6-8-17)25-19-9-14(10-20(26)18(19)13-24-25)15-11-21(28-2)23(30-4)22(12-15)29-3/h5-8,11-14H,9-10H2,1-4H3/t14-/m0/s1. The molecule has 3 aromatic rings. The quantitative estimate of drug-likeness (QED) is 0.618. The maximum Gasteiger partial charge on any atom is 0.203 e. The fourth-order valence-corrected chi connectivity index (χ4v) is 3.96. The molecule has 0 spiro atoms. The first-order valence-electron chi connectivity index (χ1n) is 9.64. The number of methoxy groups -OCH3 is 4. The Hall–Kier alpha value is -3.48. The van der Waals surface area contributed by atoms with Gasteiger partial charge in [-0.25, -0.2) is 4.68 Å². The number of ether oxygens (including phenoxy) is 4. The van der Waals surface area contributed by atoms with Crippen molar-refractivity contribution in [3.63, 3.8) is 0 Å². The van der Waals surface area contributed by atoms with Crippen LogP contribution in [0.2, 0.25) is 0 Å². The Morgan fingerprint density at radius 2 is 1.57 bits per heavy atom. The second-order valence-electron chi connectivity index (χ2n) is 7.10. The number of fused-ring (bicyclic) bond motifs is 1. The summed E-state index contributed by atoms with van der Waals surface area (Å²) in [6.07, 6.45) is 2.74. The van der Waals surface area contributed by atoms with Crippen LogP contribution in [0.1, 0.15) is 34.0 Å². The van der Waals surface area contributed by atoms with Crippen LogP contribution in [0.4, 0.5) is 0 Å². The topological polar surface area (TPSA) is 71.8 Å². The first kappa shape index (κ1) is 19.8. The van der Waals surface area contributed by atoms with Gasteiger partial charge >= 0.3 is 0 Å². The van der Waals surface area contributed by atoms with Gasteiger partial charge in [-0.3, -0.25) is 4.79 Å². The van der Waals surface area contributed by atoms with E-state index in [9.17, 15) is 4.79 Å². The first-order valence-corrected chi connectivity index (χ1v) is 9.64. The van der Waals surface area contributed by atoms with E-state index < -0.39 is 0 Å². The van der Waals surface area contributed by atoms with Crippen LogP contribution in [0.15, 0.2) is 42.6 Å². The summed E-state index contributed by atoms with van der Waals surface area (Å²) >= 11 is 0. The molecule has 0 unspecified atom stereocenters. The van der Waals surface area contributed by atoms with Crippen LogP contribution in [0.5, 0.6) is 23.0 Å². The number of aromatic nitrogens is 2. The van der Waals surface area contributed by atoms with Crippen LogP contribution >= 0.6 is 0 Å². The van der Waals surface area contributed by atoms with Crippen LogP contribution in [0.25, 0.3) is 5.69 Å². The lowest BCUT2D eigenvalue weighted by molar-refractivity contribution is 0.0963. The number of rotatable bonds is 6. The third-order valence-corrected chi connectivity index (χ3v) is 5.52. The van der Waals surface area contributed by atoms with E-state index in [2.05, 4.69) is 5.10 Å². The van der Waals surface area contributed by atoms with E-state index in [1.165, 1.54) is 0 Å². The van der Waals surface area contributed by atoms with Crippen LogP contribution in [0.3, 0.4) is 0 Å². The third kappa shape index (κ3) is 3.36. The number of carbonyl (C=O) groups excluding carboxylic acids is 1. The molecule has 1 aliphatic carbocycles. The van der Waals surface area contributed by atoms with Crippen molar-refractivity contribution in [2.45, 2.75) is 18.8 Å². The van der Waals surface area contributed by atoms with E-state index >= 15 is 0 Å². The fourth-order valence-electron chi connectivity index (χ4n) is 3.96. The Morgan fingerprint density at radius 3 is 2.13 bits per heavy atom. The van der Waals surface area contributed by atoms with Gasteiger partial charge in [-0.05, 0) is 54.3 Å². The van der Waals surface area contributed by atoms with Gasteiger partial charge in [0.25, 0.3) is 0 Å². The summed E-state index contributed by atoms with van der Waals surface area (Å²) in [6, 6.07) is 11.4. The molecular formula is C23H24N2O5. The van der Waals surface area contributed by atoms with Gasteiger partial charge in [-0.2, -0.15) is 5.10 Å². The molecule has 1 atom stereocenters. The molecule has 0 fully saturated rings. The van der Waals surface area contributed by atoms with Gasteiger partial charge in [-0.15, -0.1) is 0 Å². The summed E-state index contributed by atoms with van der Waals surface area (Å²) in [5, 5.41) is 4.48. The second-order valence-corrected chi connectivity index (χ2v) is 7.10. The van der Waals surface area contributed by atoms with Gasteiger partial charge in [0.2, 0.25) is 5.75 Å².